The zero-order valence-corrected chi connectivity index (χ0v) is 15.3. The van der Waals surface area contributed by atoms with E-state index in [9.17, 15) is 4.79 Å². The van der Waals surface area contributed by atoms with Crippen LogP contribution in [-0.4, -0.2) is 25.2 Å². The van der Waals surface area contributed by atoms with Crippen LogP contribution in [0.15, 0.2) is 83.9 Å². The number of aryl methyl sites for hydroxylation is 1. The molecule has 136 valence electrons. The second-order valence-corrected chi connectivity index (χ2v) is 6.14. The van der Waals surface area contributed by atoms with E-state index in [1.165, 1.54) is 0 Å². The summed E-state index contributed by atoms with van der Waals surface area (Å²) in [6.07, 6.45) is 1.79. The molecule has 0 aliphatic rings. The van der Waals surface area contributed by atoms with Gasteiger partial charge in [-0.25, -0.2) is 0 Å². The first-order chi connectivity index (χ1) is 13.2. The first-order valence-electron chi connectivity index (χ1n) is 8.88. The van der Waals surface area contributed by atoms with Gasteiger partial charge in [-0.15, -0.1) is 0 Å². The quantitative estimate of drug-likeness (QED) is 0.494. The molecule has 0 heterocycles. The first kappa shape index (κ1) is 18.4. The molecule has 0 saturated heterocycles. The van der Waals surface area contributed by atoms with E-state index >= 15 is 0 Å². The van der Waals surface area contributed by atoms with Crippen molar-refractivity contribution in [3.8, 4) is 11.5 Å². The third-order valence-electron chi connectivity index (χ3n) is 3.92. The number of ether oxygens (including phenoxy) is 1. The highest BCUT2D eigenvalue weighted by atomic mass is 16.5. The van der Waals surface area contributed by atoms with Crippen LogP contribution in [0, 0.1) is 6.92 Å². The van der Waals surface area contributed by atoms with Gasteiger partial charge in [0.25, 0.3) is 5.91 Å². The number of nitrogens with zero attached hydrogens (tertiary/aromatic N) is 1. The Morgan fingerprint density at radius 3 is 2.48 bits per heavy atom. The molecule has 3 rings (SSSR count). The van der Waals surface area contributed by atoms with Crippen LogP contribution in [-0.2, 0) is 0 Å². The minimum absolute atomic E-state index is 0.0801. The fourth-order valence-corrected chi connectivity index (χ4v) is 2.49. The summed E-state index contributed by atoms with van der Waals surface area (Å²) < 4.78 is 5.82. The van der Waals surface area contributed by atoms with Crippen LogP contribution in [0.1, 0.15) is 21.5 Å². The molecule has 0 saturated carbocycles. The van der Waals surface area contributed by atoms with Crippen LogP contribution in [0.5, 0.6) is 11.5 Å². The number of hydrogen-bond donors (Lipinski definition) is 1. The predicted molar refractivity (Wildman–Crippen MR) is 109 cm³/mol. The lowest BCUT2D eigenvalue weighted by molar-refractivity contribution is 0.0955. The Bertz CT molecular complexity index is 903. The summed E-state index contributed by atoms with van der Waals surface area (Å²) >= 11 is 0. The van der Waals surface area contributed by atoms with Crippen LogP contribution < -0.4 is 10.1 Å². The van der Waals surface area contributed by atoms with Crippen LogP contribution >= 0.6 is 0 Å². The van der Waals surface area contributed by atoms with Gasteiger partial charge in [0.05, 0.1) is 6.54 Å². The van der Waals surface area contributed by atoms with Crippen molar-refractivity contribution in [3.05, 3.63) is 95.6 Å². The molecule has 27 heavy (non-hydrogen) atoms. The van der Waals surface area contributed by atoms with Gasteiger partial charge in [-0.3, -0.25) is 9.79 Å². The van der Waals surface area contributed by atoms with E-state index in [1.807, 2.05) is 85.8 Å². The molecule has 1 amide bonds. The fourth-order valence-electron chi connectivity index (χ4n) is 2.49. The summed E-state index contributed by atoms with van der Waals surface area (Å²) in [5.74, 6) is 1.48. The molecule has 4 nitrogen and oxygen atoms in total. The smallest absolute Gasteiger partial charge is 0.251 e. The summed E-state index contributed by atoms with van der Waals surface area (Å²) in [5.41, 5.74) is 2.75. The minimum Gasteiger partial charge on any atom is -0.457 e. The van der Waals surface area contributed by atoms with Gasteiger partial charge in [-0.1, -0.05) is 48.0 Å². The van der Waals surface area contributed by atoms with Crippen molar-refractivity contribution >= 4 is 12.1 Å². The molecule has 0 bridgehead atoms. The zero-order chi connectivity index (χ0) is 18.9. The van der Waals surface area contributed by atoms with E-state index in [0.717, 1.165) is 22.6 Å². The molecule has 0 spiro atoms. The Morgan fingerprint density at radius 1 is 0.963 bits per heavy atom. The Morgan fingerprint density at radius 2 is 1.70 bits per heavy atom. The second-order valence-electron chi connectivity index (χ2n) is 6.14. The second kappa shape index (κ2) is 9.34. The summed E-state index contributed by atoms with van der Waals surface area (Å²) in [6, 6.07) is 24.9. The lowest BCUT2D eigenvalue weighted by Gasteiger charge is -2.06. The molecule has 3 aromatic carbocycles. The topological polar surface area (TPSA) is 50.7 Å². The van der Waals surface area contributed by atoms with Crippen LogP contribution in [0.3, 0.4) is 0 Å². The van der Waals surface area contributed by atoms with Gasteiger partial charge < -0.3 is 10.1 Å². The Hall–Kier alpha value is -3.40. The van der Waals surface area contributed by atoms with Crippen molar-refractivity contribution in [2.24, 2.45) is 4.99 Å². The maximum Gasteiger partial charge on any atom is 0.251 e. The summed E-state index contributed by atoms with van der Waals surface area (Å²) in [6.45, 7) is 3.00. The number of carbonyl (C=O) groups is 1. The zero-order valence-electron chi connectivity index (χ0n) is 15.3. The first-order valence-corrected chi connectivity index (χ1v) is 8.88. The molecule has 0 aliphatic carbocycles. The van der Waals surface area contributed by atoms with Crippen molar-refractivity contribution in [1.82, 2.24) is 5.32 Å². The maximum absolute atomic E-state index is 12.0. The molecule has 0 radical (unpaired) electrons. The van der Waals surface area contributed by atoms with Gasteiger partial charge in [0.15, 0.2) is 0 Å². The summed E-state index contributed by atoms with van der Waals surface area (Å²) in [4.78, 5) is 16.4. The number of aliphatic imine (C=N–C) groups is 1. The molecule has 3 aromatic rings. The van der Waals surface area contributed by atoms with Crippen LogP contribution in [0.4, 0.5) is 0 Å². The largest absolute Gasteiger partial charge is 0.457 e. The summed E-state index contributed by atoms with van der Waals surface area (Å²) in [7, 11) is 0. The number of carbonyl (C=O) groups excluding carboxylic acids is 1. The van der Waals surface area contributed by atoms with E-state index < -0.39 is 0 Å². The van der Waals surface area contributed by atoms with Gasteiger partial charge in [-0.05, 0) is 48.9 Å². The van der Waals surface area contributed by atoms with E-state index in [2.05, 4.69) is 10.3 Å². The highest BCUT2D eigenvalue weighted by molar-refractivity contribution is 5.94. The summed E-state index contributed by atoms with van der Waals surface area (Å²) in [5, 5.41) is 2.87. The molecule has 0 fully saturated rings. The van der Waals surface area contributed by atoms with E-state index in [-0.39, 0.29) is 5.91 Å². The Balaban J connectivity index is 1.47. The molecular formula is C23H22N2O2. The number of amides is 1. The number of hydrogen-bond acceptors (Lipinski definition) is 3. The molecule has 0 atom stereocenters. The third-order valence-corrected chi connectivity index (χ3v) is 3.92. The monoisotopic (exact) mass is 358 g/mol. The lowest BCUT2D eigenvalue weighted by atomic mass is 10.1. The van der Waals surface area contributed by atoms with Gasteiger partial charge >= 0.3 is 0 Å². The number of rotatable bonds is 7. The van der Waals surface area contributed by atoms with Crippen molar-refractivity contribution in [1.29, 1.82) is 0 Å². The van der Waals surface area contributed by atoms with Gasteiger partial charge in [0, 0.05) is 18.3 Å². The molecule has 0 aliphatic heterocycles. The standard InChI is InChI=1S/C23H22N2O2/c1-18-10-12-20(13-11-18)23(26)25-15-14-24-17-19-6-5-9-22(16-19)27-21-7-3-2-4-8-21/h2-13,16-17H,14-15H2,1H3,(H,25,26). The van der Waals surface area contributed by atoms with Gasteiger partial charge in [-0.2, -0.15) is 0 Å². The third kappa shape index (κ3) is 5.82. The van der Waals surface area contributed by atoms with Gasteiger partial charge in [0.2, 0.25) is 0 Å². The van der Waals surface area contributed by atoms with Crippen molar-refractivity contribution in [3.63, 3.8) is 0 Å². The van der Waals surface area contributed by atoms with E-state index in [1.54, 1.807) is 6.21 Å². The lowest BCUT2D eigenvalue weighted by Crippen LogP contribution is -2.25. The highest BCUT2D eigenvalue weighted by Crippen LogP contribution is 2.21. The molecule has 0 unspecified atom stereocenters. The molecular weight excluding hydrogens is 336 g/mol. The number of nitrogens with one attached hydrogen (secondary N) is 1. The molecule has 1 N–H and O–H groups in total. The van der Waals surface area contributed by atoms with Crippen LogP contribution in [0.2, 0.25) is 0 Å². The van der Waals surface area contributed by atoms with Crippen molar-refractivity contribution in [2.75, 3.05) is 13.1 Å². The average molecular weight is 358 g/mol. The van der Waals surface area contributed by atoms with E-state index in [4.69, 9.17) is 4.74 Å². The Labute approximate surface area is 159 Å². The van der Waals surface area contributed by atoms with Crippen molar-refractivity contribution in [2.45, 2.75) is 6.92 Å². The highest BCUT2D eigenvalue weighted by Gasteiger charge is 2.03. The average Bonchev–Trinajstić information content (AvgIpc) is 2.69. The SMILES string of the molecule is Cc1ccc(C(=O)NCCN=Cc2cccc(Oc3ccccc3)c2)cc1. The van der Waals surface area contributed by atoms with Gasteiger partial charge in [0.1, 0.15) is 11.5 Å². The predicted octanol–water partition coefficient (Wildman–Crippen LogP) is 4.64. The maximum atomic E-state index is 12.0. The van der Waals surface area contributed by atoms with E-state index in [0.29, 0.717) is 18.7 Å². The molecule has 0 aromatic heterocycles. The Kier molecular flexibility index (Phi) is 6.36. The van der Waals surface area contributed by atoms with Crippen LogP contribution in [0.25, 0.3) is 0 Å². The molecule has 4 heteroatoms. The minimum atomic E-state index is -0.0801. The normalized spacial score (nSPS) is 10.7. The number of para-hydroxylation sites is 1. The number of benzene rings is 3. The van der Waals surface area contributed by atoms with Crippen molar-refractivity contribution < 1.29 is 9.53 Å². The fraction of sp³-hybridized carbons (Fsp3) is 0.130.